The number of pyridine rings is 1. The lowest BCUT2D eigenvalue weighted by molar-refractivity contribution is 0.269. The molecular formula is C26H31ClN8O3S. The third-order valence-corrected chi connectivity index (χ3v) is 8.60. The van der Waals surface area contributed by atoms with Gasteiger partial charge in [-0.25, -0.2) is 23.4 Å². The van der Waals surface area contributed by atoms with Gasteiger partial charge in [0.25, 0.3) is 0 Å². The standard InChI is InChI=1S/C26H31ClN8O3S/c1-16(2)18-5-6-22(34-13-17(14-34)33(3)39(4,37)38)20-12-29-24(11-19(18)20)30-23-7-8-28-26(31-23)21-15-35(9-10-36)32-25(21)27/h5-8,11-12,15-17,36H,9-10,13-14H2,1-4H3,(H,28,29,30,31). The molecule has 0 saturated carbocycles. The van der Waals surface area contributed by atoms with Crippen LogP contribution in [0.25, 0.3) is 22.2 Å². The zero-order chi connectivity index (χ0) is 27.9. The van der Waals surface area contributed by atoms with Crippen LogP contribution in [0.2, 0.25) is 5.15 Å². The Morgan fingerprint density at radius 2 is 1.95 bits per heavy atom. The summed E-state index contributed by atoms with van der Waals surface area (Å²) in [5, 5.41) is 19.0. The van der Waals surface area contributed by atoms with Gasteiger partial charge in [-0.2, -0.15) is 9.40 Å². The second kappa shape index (κ2) is 10.7. The van der Waals surface area contributed by atoms with E-state index in [9.17, 15) is 13.5 Å². The Bertz CT molecular complexity index is 1620. The third-order valence-electron chi connectivity index (χ3n) is 6.97. The van der Waals surface area contributed by atoms with Crippen LogP contribution in [0.15, 0.2) is 42.9 Å². The number of fused-ring (bicyclic) bond motifs is 1. The molecular weight excluding hydrogens is 540 g/mol. The zero-order valence-electron chi connectivity index (χ0n) is 22.2. The van der Waals surface area contributed by atoms with Crippen LogP contribution in [-0.4, -0.2) is 81.6 Å². The lowest BCUT2D eigenvalue weighted by Crippen LogP contribution is -2.59. The van der Waals surface area contributed by atoms with E-state index in [4.69, 9.17) is 11.6 Å². The van der Waals surface area contributed by atoms with Gasteiger partial charge < -0.3 is 15.3 Å². The molecule has 0 unspecified atom stereocenters. The van der Waals surface area contributed by atoms with Gasteiger partial charge in [-0.1, -0.05) is 31.5 Å². The summed E-state index contributed by atoms with van der Waals surface area (Å²) in [4.78, 5) is 15.8. The van der Waals surface area contributed by atoms with Crippen molar-refractivity contribution in [2.24, 2.45) is 0 Å². The van der Waals surface area contributed by atoms with E-state index < -0.39 is 10.0 Å². The average Bonchev–Trinajstić information content (AvgIpc) is 3.22. The van der Waals surface area contributed by atoms with E-state index in [1.807, 2.05) is 12.3 Å². The highest BCUT2D eigenvalue weighted by molar-refractivity contribution is 7.88. The maximum absolute atomic E-state index is 11.9. The highest BCUT2D eigenvalue weighted by Gasteiger charge is 2.35. The number of aliphatic hydroxyl groups is 1. The molecule has 1 fully saturated rings. The Hall–Kier alpha value is -3.32. The predicted octanol–water partition coefficient (Wildman–Crippen LogP) is 3.48. The minimum absolute atomic E-state index is 0.0510. The smallest absolute Gasteiger partial charge is 0.211 e. The van der Waals surface area contributed by atoms with E-state index in [0.717, 1.165) is 16.5 Å². The molecule has 39 heavy (non-hydrogen) atoms. The van der Waals surface area contributed by atoms with E-state index in [-0.39, 0.29) is 17.8 Å². The van der Waals surface area contributed by atoms with Gasteiger partial charge >= 0.3 is 0 Å². The fraction of sp³-hybridized carbons (Fsp3) is 0.385. The summed E-state index contributed by atoms with van der Waals surface area (Å²) in [6.45, 7) is 5.83. The number of anilines is 3. The molecule has 206 valence electrons. The molecule has 0 amide bonds. The number of sulfonamides is 1. The highest BCUT2D eigenvalue weighted by atomic mass is 35.5. The number of hydrogen-bond donors (Lipinski definition) is 2. The van der Waals surface area contributed by atoms with Crippen LogP contribution in [0, 0.1) is 0 Å². The highest BCUT2D eigenvalue weighted by Crippen LogP contribution is 2.36. The average molecular weight is 571 g/mol. The molecule has 2 N–H and O–H groups in total. The van der Waals surface area contributed by atoms with Crippen LogP contribution in [-0.2, 0) is 16.6 Å². The number of hydrogen-bond acceptors (Lipinski definition) is 9. The Balaban J connectivity index is 1.43. The molecule has 5 rings (SSSR count). The first-order valence-electron chi connectivity index (χ1n) is 12.6. The van der Waals surface area contributed by atoms with Crippen molar-refractivity contribution in [3.63, 3.8) is 0 Å². The molecule has 3 aromatic heterocycles. The molecule has 0 bridgehead atoms. The predicted molar refractivity (Wildman–Crippen MR) is 153 cm³/mol. The second-order valence-corrected chi connectivity index (χ2v) is 12.4. The number of aliphatic hydroxyl groups excluding tert-OH is 1. The van der Waals surface area contributed by atoms with Crippen molar-refractivity contribution in [1.82, 2.24) is 29.0 Å². The molecule has 11 nitrogen and oxygen atoms in total. The fourth-order valence-electron chi connectivity index (χ4n) is 4.70. The lowest BCUT2D eigenvalue weighted by atomic mass is 9.94. The minimum atomic E-state index is -3.24. The summed E-state index contributed by atoms with van der Waals surface area (Å²) in [7, 11) is -1.61. The van der Waals surface area contributed by atoms with E-state index >= 15 is 0 Å². The molecule has 1 aliphatic heterocycles. The summed E-state index contributed by atoms with van der Waals surface area (Å²) >= 11 is 6.28. The topological polar surface area (TPSA) is 129 Å². The van der Waals surface area contributed by atoms with Crippen LogP contribution in [0.3, 0.4) is 0 Å². The number of likely N-dealkylation sites (N-methyl/N-ethyl adjacent to an activating group) is 1. The number of rotatable bonds is 9. The number of aromatic nitrogens is 5. The van der Waals surface area contributed by atoms with Gasteiger partial charge in [0.1, 0.15) is 11.6 Å². The Labute approximate surface area is 232 Å². The first kappa shape index (κ1) is 27.3. The summed E-state index contributed by atoms with van der Waals surface area (Å²) in [5.41, 5.74) is 2.79. The maximum atomic E-state index is 11.9. The number of nitrogens with zero attached hydrogens (tertiary/aromatic N) is 7. The molecule has 1 saturated heterocycles. The van der Waals surface area contributed by atoms with Gasteiger partial charge in [-0.05, 0) is 35.1 Å². The Morgan fingerprint density at radius 3 is 2.64 bits per heavy atom. The molecule has 1 aromatic carbocycles. The van der Waals surface area contributed by atoms with Crippen molar-refractivity contribution in [2.45, 2.75) is 32.4 Å². The van der Waals surface area contributed by atoms with Gasteiger partial charge in [0, 0.05) is 49.8 Å². The zero-order valence-corrected chi connectivity index (χ0v) is 23.8. The monoisotopic (exact) mass is 570 g/mol. The summed E-state index contributed by atoms with van der Waals surface area (Å²) in [6, 6.07) is 7.95. The quantitative estimate of drug-likeness (QED) is 0.310. The summed E-state index contributed by atoms with van der Waals surface area (Å²) in [5.74, 6) is 1.88. The molecule has 13 heteroatoms. The number of halogens is 1. The molecule has 0 aliphatic carbocycles. The fourth-order valence-corrected chi connectivity index (χ4v) is 5.61. The largest absolute Gasteiger partial charge is 0.394 e. The van der Waals surface area contributed by atoms with Crippen LogP contribution < -0.4 is 10.2 Å². The van der Waals surface area contributed by atoms with Crippen LogP contribution in [0.4, 0.5) is 17.3 Å². The molecule has 0 radical (unpaired) electrons. The van der Waals surface area contributed by atoms with Crippen molar-refractivity contribution >= 4 is 49.7 Å². The summed E-state index contributed by atoms with van der Waals surface area (Å²) in [6.07, 6.45) is 6.43. The van der Waals surface area contributed by atoms with Crippen LogP contribution in [0.1, 0.15) is 25.3 Å². The maximum Gasteiger partial charge on any atom is 0.211 e. The van der Waals surface area contributed by atoms with Gasteiger partial charge in [-0.3, -0.25) is 4.68 Å². The molecule has 0 atom stereocenters. The number of nitrogens with one attached hydrogen (secondary N) is 1. The number of benzene rings is 1. The van der Waals surface area contributed by atoms with Crippen molar-refractivity contribution in [3.05, 3.63) is 53.6 Å². The summed E-state index contributed by atoms with van der Waals surface area (Å²) < 4.78 is 26.9. The van der Waals surface area contributed by atoms with E-state index in [0.29, 0.717) is 48.6 Å². The van der Waals surface area contributed by atoms with Gasteiger partial charge in [-0.15, -0.1) is 0 Å². The Kier molecular flexibility index (Phi) is 7.47. The normalized spacial score (nSPS) is 14.4. The van der Waals surface area contributed by atoms with E-state index in [1.165, 1.54) is 16.1 Å². The van der Waals surface area contributed by atoms with Gasteiger partial charge in [0.05, 0.1) is 31.0 Å². The second-order valence-electron chi connectivity index (χ2n) is 9.99. The molecule has 1 aliphatic rings. The first-order valence-corrected chi connectivity index (χ1v) is 14.8. The van der Waals surface area contributed by atoms with Gasteiger partial charge in [0.15, 0.2) is 11.0 Å². The van der Waals surface area contributed by atoms with Crippen LogP contribution >= 0.6 is 11.6 Å². The Morgan fingerprint density at radius 1 is 1.18 bits per heavy atom. The van der Waals surface area contributed by atoms with Crippen molar-refractivity contribution in [1.29, 1.82) is 0 Å². The molecule has 4 aromatic rings. The van der Waals surface area contributed by atoms with Gasteiger partial charge in [0.2, 0.25) is 10.0 Å². The lowest BCUT2D eigenvalue weighted by Gasteiger charge is -2.44. The van der Waals surface area contributed by atoms with E-state index in [2.05, 4.69) is 56.2 Å². The third kappa shape index (κ3) is 5.55. The van der Waals surface area contributed by atoms with Crippen molar-refractivity contribution in [2.75, 3.05) is 43.2 Å². The minimum Gasteiger partial charge on any atom is -0.394 e. The van der Waals surface area contributed by atoms with Crippen molar-refractivity contribution < 1.29 is 13.5 Å². The van der Waals surface area contributed by atoms with Crippen LogP contribution in [0.5, 0.6) is 0 Å². The first-order chi connectivity index (χ1) is 18.5. The van der Waals surface area contributed by atoms with Crippen molar-refractivity contribution in [3.8, 4) is 11.4 Å². The SMILES string of the molecule is CC(C)c1ccc(N2CC(N(C)S(C)(=O)=O)C2)c2cnc(Nc3ccnc(-c4cn(CCO)nc4Cl)n3)cc12. The van der Waals surface area contributed by atoms with E-state index in [1.54, 1.807) is 30.2 Å². The molecule has 0 spiro atoms. The molecule has 4 heterocycles.